The summed E-state index contributed by atoms with van der Waals surface area (Å²) in [6.07, 6.45) is 7.68. The first kappa shape index (κ1) is 16.2. The van der Waals surface area contributed by atoms with E-state index in [0.717, 1.165) is 12.6 Å². The molecule has 0 radical (unpaired) electrons. The lowest BCUT2D eigenvalue weighted by molar-refractivity contribution is 0.0953. The normalized spacial score (nSPS) is 16.5. The standard InChI is InChI=1S/C16H22ClFN2O/c17-15-11-12(18)7-8-14(15)16(21)20-10-9-19-13-5-3-1-2-4-6-13/h7-8,11,13,19H,1-6,9-10H2,(H,20,21). The Hall–Kier alpha value is -1.13. The predicted octanol–water partition coefficient (Wildman–Crippen LogP) is 3.52. The number of carbonyl (C=O) groups excluding carboxylic acids is 1. The van der Waals surface area contributed by atoms with Crippen molar-refractivity contribution < 1.29 is 9.18 Å². The lowest BCUT2D eigenvalue weighted by Gasteiger charge is -2.16. The third kappa shape index (κ3) is 5.29. The van der Waals surface area contributed by atoms with Gasteiger partial charge in [0.15, 0.2) is 0 Å². The third-order valence-corrected chi connectivity index (χ3v) is 4.19. The van der Waals surface area contributed by atoms with E-state index in [1.54, 1.807) is 0 Å². The molecule has 3 nitrogen and oxygen atoms in total. The van der Waals surface area contributed by atoms with Crippen LogP contribution in [0.2, 0.25) is 5.02 Å². The van der Waals surface area contributed by atoms with Gasteiger partial charge in [0, 0.05) is 19.1 Å². The van der Waals surface area contributed by atoms with Gasteiger partial charge in [-0.05, 0) is 31.0 Å². The van der Waals surface area contributed by atoms with Gasteiger partial charge in [-0.2, -0.15) is 0 Å². The molecule has 1 aliphatic carbocycles. The van der Waals surface area contributed by atoms with Crippen LogP contribution in [0.1, 0.15) is 48.9 Å². The predicted molar refractivity (Wildman–Crippen MR) is 83.2 cm³/mol. The number of benzene rings is 1. The molecule has 0 unspecified atom stereocenters. The van der Waals surface area contributed by atoms with Crippen molar-refractivity contribution in [2.75, 3.05) is 13.1 Å². The highest BCUT2D eigenvalue weighted by molar-refractivity contribution is 6.33. The Morgan fingerprint density at radius 1 is 1.19 bits per heavy atom. The molecule has 0 saturated heterocycles. The molecule has 2 N–H and O–H groups in total. The molecule has 5 heteroatoms. The number of rotatable bonds is 5. The molecule has 0 aliphatic heterocycles. The summed E-state index contributed by atoms with van der Waals surface area (Å²) in [5.74, 6) is -0.700. The minimum Gasteiger partial charge on any atom is -0.351 e. The molecule has 1 aromatic carbocycles. The number of carbonyl (C=O) groups is 1. The largest absolute Gasteiger partial charge is 0.351 e. The van der Waals surface area contributed by atoms with E-state index in [1.165, 1.54) is 50.7 Å². The number of nitrogens with one attached hydrogen (secondary N) is 2. The molecule has 1 fully saturated rings. The summed E-state index contributed by atoms with van der Waals surface area (Å²) in [5, 5.41) is 6.43. The van der Waals surface area contributed by atoms with E-state index < -0.39 is 5.82 Å². The van der Waals surface area contributed by atoms with Gasteiger partial charge in [-0.3, -0.25) is 4.79 Å². The van der Waals surface area contributed by atoms with Crippen molar-refractivity contribution in [3.8, 4) is 0 Å². The molecule has 1 amide bonds. The van der Waals surface area contributed by atoms with Crippen LogP contribution in [0, 0.1) is 5.82 Å². The highest BCUT2D eigenvalue weighted by Crippen LogP contribution is 2.17. The van der Waals surface area contributed by atoms with Crippen LogP contribution in [0.4, 0.5) is 4.39 Å². The fourth-order valence-corrected chi connectivity index (χ4v) is 2.96. The quantitative estimate of drug-likeness (QED) is 0.645. The van der Waals surface area contributed by atoms with E-state index >= 15 is 0 Å². The van der Waals surface area contributed by atoms with Crippen LogP contribution < -0.4 is 10.6 Å². The number of hydrogen-bond donors (Lipinski definition) is 2. The number of amides is 1. The van der Waals surface area contributed by atoms with Crippen molar-refractivity contribution in [3.05, 3.63) is 34.6 Å². The molecule has 0 bridgehead atoms. The average Bonchev–Trinajstić information content (AvgIpc) is 2.72. The molecule has 2 rings (SSSR count). The Balaban J connectivity index is 1.71. The highest BCUT2D eigenvalue weighted by Gasteiger charge is 2.12. The summed E-state index contributed by atoms with van der Waals surface area (Å²) in [6.45, 7) is 1.29. The Morgan fingerprint density at radius 3 is 2.57 bits per heavy atom. The monoisotopic (exact) mass is 312 g/mol. The highest BCUT2D eigenvalue weighted by atomic mass is 35.5. The minimum atomic E-state index is -0.438. The van der Waals surface area contributed by atoms with Gasteiger partial charge >= 0.3 is 0 Å². The van der Waals surface area contributed by atoms with Crippen LogP contribution in [0.15, 0.2) is 18.2 Å². The first-order valence-corrected chi connectivity index (χ1v) is 8.01. The fourth-order valence-electron chi connectivity index (χ4n) is 2.70. The van der Waals surface area contributed by atoms with Gasteiger partial charge in [0.25, 0.3) is 5.91 Å². The molecular weight excluding hydrogens is 291 g/mol. The molecule has 0 atom stereocenters. The second-order valence-corrected chi connectivity index (χ2v) is 5.93. The second kappa shape index (κ2) is 8.35. The summed E-state index contributed by atoms with van der Waals surface area (Å²) in [6, 6.07) is 4.37. The third-order valence-electron chi connectivity index (χ3n) is 3.87. The first-order valence-electron chi connectivity index (χ1n) is 7.63. The van der Waals surface area contributed by atoms with E-state index in [-0.39, 0.29) is 10.9 Å². The lowest BCUT2D eigenvalue weighted by Crippen LogP contribution is -2.36. The van der Waals surface area contributed by atoms with Crippen molar-refractivity contribution in [2.24, 2.45) is 0 Å². The van der Waals surface area contributed by atoms with Crippen LogP contribution in [-0.4, -0.2) is 25.0 Å². The molecule has 1 aromatic rings. The van der Waals surface area contributed by atoms with Gasteiger partial charge in [0.1, 0.15) is 5.82 Å². The Morgan fingerprint density at radius 2 is 1.90 bits per heavy atom. The molecule has 1 saturated carbocycles. The van der Waals surface area contributed by atoms with E-state index in [0.29, 0.717) is 18.2 Å². The van der Waals surface area contributed by atoms with Crippen molar-refractivity contribution in [2.45, 2.75) is 44.6 Å². The van der Waals surface area contributed by atoms with Crippen molar-refractivity contribution in [3.63, 3.8) is 0 Å². The van der Waals surface area contributed by atoms with Gasteiger partial charge in [-0.25, -0.2) is 4.39 Å². The van der Waals surface area contributed by atoms with Crippen LogP contribution in [0.25, 0.3) is 0 Å². The van der Waals surface area contributed by atoms with Gasteiger partial charge in [-0.1, -0.05) is 37.3 Å². The second-order valence-electron chi connectivity index (χ2n) is 5.52. The van der Waals surface area contributed by atoms with Gasteiger partial charge in [-0.15, -0.1) is 0 Å². The zero-order chi connectivity index (χ0) is 15.1. The first-order chi connectivity index (χ1) is 10.2. The van der Waals surface area contributed by atoms with Crippen LogP contribution in [-0.2, 0) is 0 Å². The van der Waals surface area contributed by atoms with Crippen LogP contribution >= 0.6 is 11.6 Å². The van der Waals surface area contributed by atoms with Gasteiger partial charge < -0.3 is 10.6 Å². The van der Waals surface area contributed by atoms with E-state index in [1.807, 2.05) is 0 Å². The maximum absolute atomic E-state index is 12.9. The maximum Gasteiger partial charge on any atom is 0.252 e. The van der Waals surface area contributed by atoms with Crippen LogP contribution in [0.5, 0.6) is 0 Å². The summed E-state index contributed by atoms with van der Waals surface area (Å²) in [4.78, 5) is 11.9. The lowest BCUT2D eigenvalue weighted by atomic mass is 10.1. The minimum absolute atomic E-state index is 0.143. The molecule has 21 heavy (non-hydrogen) atoms. The zero-order valence-corrected chi connectivity index (χ0v) is 12.9. The van der Waals surface area contributed by atoms with Crippen molar-refractivity contribution in [1.29, 1.82) is 0 Å². The SMILES string of the molecule is O=C(NCCNC1CCCCCC1)c1ccc(F)cc1Cl. The molecular formula is C16H22ClFN2O. The van der Waals surface area contributed by atoms with Gasteiger partial charge in [0.05, 0.1) is 10.6 Å². The zero-order valence-electron chi connectivity index (χ0n) is 12.1. The molecule has 1 aliphatic rings. The number of hydrogen-bond acceptors (Lipinski definition) is 2. The average molecular weight is 313 g/mol. The molecule has 0 spiro atoms. The fraction of sp³-hybridized carbons (Fsp3) is 0.562. The maximum atomic E-state index is 12.9. The number of halogens is 2. The topological polar surface area (TPSA) is 41.1 Å². The van der Waals surface area contributed by atoms with Crippen molar-refractivity contribution in [1.82, 2.24) is 10.6 Å². The van der Waals surface area contributed by atoms with Gasteiger partial charge in [0.2, 0.25) is 0 Å². The Bertz CT molecular complexity index is 473. The Labute approximate surface area is 130 Å². The summed E-state index contributed by atoms with van der Waals surface area (Å²) < 4.78 is 12.9. The summed E-state index contributed by atoms with van der Waals surface area (Å²) >= 11 is 5.86. The molecule has 0 heterocycles. The van der Waals surface area contributed by atoms with Crippen molar-refractivity contribution >= 4 is 17.5 Å². The smallest absolute Gasteiger partial charge is 0.252 e. The van der Waals surface area contributed by atoms with Crippen LogP contribution in [0.3, 0.4) is 0 Å². The molecule has 116 valence electrons. The summed E-state index contributed by atoms with van der Waals surface area (Å²) in [5.41, 5.74) is 0.313. The Kier molecular flexibility index (Phi) is 6.46. The van der Waals surface area contributed by atoms with E-state index in [9.17, 15) is 9.18 Å². The van der Waals surface area contributed by atoms with E-state index in [4.69, 9.17) is 11.6 Å². The van der Waals surface area contributed by atoms with E-state index in [2.05, 4.69) is 10.6 Å². The summed E-state index contributed by atoms with van der Waals surface area (Å²) in [7, 11) is 0. The molecule has 0 aromatic heterocycles.